The monoisotopic (exact) mass is 252 g/mol. The first-order valence-corrected chi connectivity index (χ1v) is 6.17. The van der Waals surface area contributed by atoms with Gasteiger partial charge in [-0.1, -0.05) is 39.0 Å². The molecule has 0 aliphatic rings. The Kier molecular flexibility index (Phi) is 5.59. The minimum Gasteiger partial charge on any atom is -0.491 e. The smallest absolute Gasteiger partial charge is 0.124 e. The Labute approximate surface area is 109 Å². The summed E-state index contributed by atoms with van der Waals surface area (Å²) in [5.74, 6) is 6.54. The van der Waals surface area contributed by atoms with Crippen molar-refractivity contribution in [3.63, 3.8) is 0 Å². The lowest BCUT2D eigenvalue weighted by atomic mass is 9.82. The summed E-state index contributed by atoms with van der Waals surface area (Å²) in [5.41, 5.74) is 3.96. The van der Waals surface area contributed by atoms with Crippen LogP contribution in [0.2, 0.25) is 0 Å². The van der Waals surface area contributed by atoms with Crippen molar-refractivity contribution < 1.29 is 9.47 Å². The van der Waals surface area contributed by atoms with E-state index in [4.69, 9.17) is 15.3 Å². The van der Waals surface area contributed by atoms with E-state index in [2.05, 4.69) is 26.2 Å². The number of ether oxygens (including phenoxy) is 2. The fraction of sp³-hybridized carbons (Fsp3) is 0.571. The van der Waals surface area contributed by atoms with Gasteiger partial charge in [0.15, 0.2) is 0 Å². The van der Waals surface area contributed by atoms with Crippen molar-refractivity contribution in [1.29, 1.82) is 0 Å². The summed E-state index contributed by atoms with van der Waals surface area (Å²) >= 11 is 0. The molecule has 3 N–H and O–H groups in total. The summed E-state index contributed by atoms with van der Waals surface area (Å²) in [6.07, 6.45) is 0. The number of benzene rings is 1. The molecule has 0 amide bonds. The highest BCUT2D eigenvalue weighted by Crippen LogP contribution is 2.36. The topological polar surface area (TPSA) is 56.5 Å². The Bertz CT molecular complexity index is 361. The minimum absolute atomic E-state index is 0.00939. The van der Waals surface area contributed by atoms with Crippen LogP contribution in [0.5, 0.6) is 5.75 Å². The molecule has 18 heavy (non-hydrogen) atoms. The van der Waals surface area contributed by atoms with Crippen molar-refractivity contribution in [2.45, 2.75) is 26.8 Å². The molecule has 0 saturated heterocycles. The number of hydrogen-bond acceptors (Lipinski definition) is 4. The van der Waals surface area contributed by atoms with Crippen LogP contribution in [0.15, 0.2) is 24.3 Å². The van der Waals surface area contributed by atoms with Crippen molar-refractivity contribution in [2.24, 2.45) is 11.3 Å². The SMILES string of the molecule is COCCOc1ccccc1C(NN)C(C)(C)C. The average Bonchev–Trinajstić information content (AvgIpc) is 2.30. The third kappa shape index (κ3) is 3.98. The standard InChI is InChI=1S/C14H24N2O2/c1-14(2,3)13(16-15)11-7-5-6-8-12(11)18-10-9-17-4/h5-8,13,16H,9-10,15H2,1-4H3. The van der Waals surface area contributed by atoms with Gasteiger partial charge in [-0.05, 0) is 11.5 Å². The molecular weight excluding hydrogens is 228 g/mol. The van der Waals surface area contributed by atoms with Gasteiger partial charge in [0, 0.05) is 12.7 Å². The van der Waals surface area contributed by atoms with E-state index in [-0.39, 0.29) is 11.5 Å². The first-order chi connectivity index (χ1) is 8.50. The molecule has 0 heterocycles. The Hall–Kier alpha value is -1.10. The average molecular weight is 252 g/mol. The van der Waals surface area contributed by atoms with Crippen LogP contribution in [0.25, 0.3) is 0 Å². The molecule has 0 aliphatic heterocycles. The van der Waals surface area contributed by atoms with Gasteiger partial charge >= 0.3 is 0 Å². The number of nitrogens with two attached hydrogens (primary N) is 1. The second-order valence-electron chi connectivity index (χ2n) is 5.34. The zero-order chi connectivity index (χ0) is 13.6. The normalized spacial score (nSPS) is 13.4. The van der Waals surface area contributed by atoms with Gasteiger partial charge in [0.1, 0.15) is 12.4 Å². The maximum Gasteiger partial charge on any atom is 0.124 e. The molecule has 4 nitrogen and oxygen atoms in total. The summed E-state index contributed by atoms with van der Waals surface area (Å²) in [4.78, 5) is 0. The number of nitrogens with one attached hydrogen (secondary N) is 1. The zero-order valence-electron chi connectivity index (χ0n) is 11.7. The van der Waals surface area contributed by atoms with E-state index < -0.39 is 0 Å². The molecule has 1 aromatic rings. The quantitative estimate of drug-likeness (QED) is 0.463. The van der Waals surface area contributed by atoms with Gasteiger partial charge in [-0.15, -0.1) is 0 Å². The first kappa shape index (κ1) is 15.0. The number of hydrazine groups is 1. The van der Waals surface area contributed by atoms with E-state index in [1.54, 1.807) is 7.11 Å². The third-order valence-electron chi connectivity index (χ3n) is 2.81. The van der Waals surface area contributed by atoms with Crippen LogP contribution in [0.3, 0.4) is 0 Å². The van der Waals surface area contributed by atoms with E-state index in [1.807, 2.05) is 24.3 Å². The number of rotatable bonds is 6. The number of methoxy groups -OCH3 is 1. The summed E-state index contributed by atoms with van der Waals surface area (Å²) in [7, 11) is 1.66. The summed E-state index contributed by atoms with van der Waals surface area (Å²) in [6, 6.07) is 7.99. The van der Waals surface area contributed by atoms with Crippen LogP contribution in [0, 0.1) is 5.41 Å². The highest BCUT2D eigenvalue weighted by atomic mass is 16.5. The molecule has 1 rings (SSSR count). The molecule has 0 aliphatic carbocycles. The Balaban J connectivity index is 2.92. The molecule has 1 unspecified atom stereocenters. The fourth-order valence-electron chi connectivity index (χ4n) is 1.89. The van der Waals surface area contributed by atoms with Gasteiger partial charge in [0.05, 0.1) is 12.6 Å². The van der Waals surface area contributed by atoms with Crippen molar-refractivity contribution in [1.82, 2.24) is 5.43 Å². The molecule has 1 atom stereocenters. The largest absolute Gasteiger partial charge is 0.491 e. The van der Waals surface area contributed by atoms with Gasteiger partial charge < -0.3 is 9.47 Å². The van der Waals surface area contributed by atoms with Crippen molar-refractivity contribution in [2.75, 3.05) is 20.3 Å². The molecule has 1 aromatic carbocycles. The van der Waals surface area contributed by atoms with Crippen molar-refractivity contribution >= 4 is 0 Å². The predicted molar refractivity (Wildman–Crippen MR) is 73.3 cm³/mol. The predicted octanol–water partition coefficient (Wildman–Crippen LogP) is 2.26. The van der Waals surface area contributed by atoms with Crippen molar-refractivity contribution in [3.05, 3.63) is 29.8 Å². The molecule has 0 aromatic heterocycles. The lowest BCUT2D eigenvalue weighted by Gasteiger charge is -2.31. The van der Waals surface area contributed by atoms with E-state index in [0.717, 1.165) is 11.3 Å². The zero-order valence-corrected chi connectivity index (χ0v) is 11.7. The maximum atomic E-state index is 5.73. The Morgan fingerprint density at radius 1 is 1.22 bits per heavy atom. The van der Waals surface area contributed by atoms with Gasteiger partial charge in [-0.2, -0.15) is 0 Å². The van der Waals surface area contributed by atoms with Gasteiger partial charge in [-0.3, -0.25) is 11.3 Å². The Morgan fingerprint density at radius 3 is 2.44 bits per heavy atom. The van der Waals surface area contributed by atoms with Gasteiger partial charge in [-0.25, -0.2) is 0 Å². The molecule has 0 bridgehead atoms. The molecule has 0 spiro atoms. The summed E-state index contributed by atoms with van der Waals surface area (Å²) < 4.78 is 10.7. The van der Waals surface area contributed by atoms with Crippen LogP contribution in [-0.2, 0) is 4.74 Å². The summed E-state index contributed by atoms with van der Waals surface area (Å²) in [6.45, 7) is 7.54. The highest BCUT2D eigenvalue weighted by Gasteiger charge is 2.27. The van der Waals surface area contributed by atoms with Crippen LogP contribution in [-0.4, -0.2) is 20.3 Å². The van der Waals surface area contributed by atoms with E-state index in [1.165, 1.54) is 0 Å². The lowest BCUT2D eigenvalue weighted by molar-refractivity contribution is 0.144. The van der Waals surface area contributed by atoms with Gasteiger partial charge in [0.2, 0.25) is 0 Å². The molecular formula is C14H24N2O2. The number of hydrogen-bond donors (Lipinski definition) is 2. The molecule has 102 valence electrons. The van der Waals surface area contributed by atoms with Crippen molar-refractivity contribution in [3.8, 4) is 5.75 Å². The van der Waals surface area contributed by atoms with Crippen LogP contribution < -0.4 is 16.0 Å². The maximum absolute atomic E-state index is 5.73. The first-order valence-electron chi connectivity index (χ1n) is 6.17. The molecule has 4 heteroatoms. The van der Waals surface area contributed by atoms with Gasteiger partial charge in [0.25, 0.3) is 0 Å². The van der Waals surface area contributed by atoms with E-state index >= 15 is 0 Å². The summed E-state index contributed by atoms with van der Waals surface area (Å²) in [5, 5.41) is 0. The second-order valence-corrected chi connectivity index (χ2v) is 5.34. The van der Waals surface area contributed by atoms with Crippen LogP contribution in [0.1, 0.15) is 32.4 Å². The van der Waals surface area contributed by atoms with Crippen LogP contribution >= 0.6 is 0 Å². The fourth-order valence-corrected chi connectivity index (χ4v) is 1.89. The second kappa shape index (κ2) is 6.73. The minimum atomic E-state index is 0.00939. The lowest BCUT2D eigenvalue weighted by Crippen LogP contribution is -2.37. The van der Waals surface area contributed by atoms with Crippen LogP contribution in [0.4, 0.5) is 0 Å². The van der Waals surface area contributed by atoms with E-state index in [0.29, 0.717) is 13.2 Å². The van der Waals surface area contributed by atoms with E-state index in [9.17, 15) is 0 Å². The molecule has 0 fully saturated rings. The molecule has 0 saturated carbocycles. The Morgan fingerprint density at radius 2 is 1.89 bits per heavy atom. The molecule has 0 radical (unpaired) electrons. The highest BCUT2D eigenvalue weighted by molar-refractivity contribution is 5.36. The third-order valence-corrected chi connectivity index (χ3v) is 2.81. The number of para-hydroxylation sites is 1.